The van der Waals surface area contributed by atoms with E-state index in [2.05, 4.69) is 5.32 Å². The van der Waals surface area contributed by atoms with Crippen molar-refractivity contribution in [1.82, 2.24) is 0 Å². The Morgan fingerprint density at radius 3 is 2.52 bits per heavy atom. The van der Waals surface area contributed by atoms with E-state index in [0.717, 1.165) is 9.75 Å². The lowest BCUT2D eigenvalue weighted by Gasteiger charge is -2.07. The van der Waals surface area contributed by atoms with Gasteiger partial charge < -0.3 is 15.5 Å². The molecule has 0 amide bonds. The molecule has 3 N–H and O–H groups in total. The Hall–Kier alpha value is -2.05. The third-order valence-electron chi connectivity index (χ3n) is 2.71. The molecule has 1 heterocycles. The molecule has 5 nitrogen and oxygen atoms in total. The first kappa shape index (κ1) is 15.3. The van der Waals surface area contributed by atoms with Gasteiger partial charge in [0.2, 0.25) is 0 Å². The van der Waals surface area contributed by atoms with Crippen LogP contribution in [0.2, 0.25) is 5.02 Å². The topological polar surface area (TPSA) is 86.6 Å². The third-order valence-corrected chi connectivity index (χ3v) is 4.12. The van der Waals surface area contributed by atoms with Gasteiger partial charge in [0.05, 0.1) is 17.0 Å². The molecule has 1 aromatic heterocycles. The van der Waals surface area contributed by atoms with Crippen molar-refractivity contribution in [2.75, 3.05) is 5.32 Å². The van der Waals surface area contributed by atoms with Gasteiger partial charge >= 0.3 is 11.9 Å². The third kappa shape index (κ3) is 4.21. The number of rotatable bonds is 6. The predicted octanol–water partition coefficient (Wildman–Crippen LogP) is 3.34. The Balaban J connectivity index is 2.03. The molecule has 2 aromatic rings. The number of carbonyl (C=O) groups is 2. The molecule has 0 fully saturated rings. The summed E-state index contributed by atoms with van der Waals surface area (Å²) in [5.41, 5.74) is 0.685. The Morgan fingerprint density at radius 1 is 1.14 bits per heavy atom. The maximum Gasteiger partial charge on any atom is 0.337 e. The second kappa shape index (κ2) is 6.60. The molecule has 0 aliphatic rings. The minimum Gasteiger partial charge on any atom is -0.481 e. The van der Waals surface area contributed by atoms with E-state index in [1.165, 1.54) is 23.5 Å². The molecule has 0 bridgehead atoms. The summed E-state index contributed by atoms with van der Waals surface area (Å²) in [5.74, 6) is -1.94. The zero-order valence-electron chi connectivity index (χ0n) is 10.8. The van der Waals surface area contributed by atoms with Crippen molar-refractivity contribution in [2.45, 2.75) is 13.0 Å². The summed E-state index contributed by atoms with van der Waals surface area (Å²) < 4.78 is 0. The van der Waals surface area contributed by atoms with Crippen LogP contribution in [0.4, 0.5) is 5.69 Å². The highest BCUT2D eigenvalue weighted by Crippen LogP contribution is 2.22. The van der Waals surface area contributed by atoms with Gasteiger partial charge in [0.25, 0.3) is 0 Å². The van der Waals surface area contributed by atoms with Crippen LogP contribution in [0.1, 0.15) is 20.1 Å². The molecule has 0 atom stereocenters. The number of carboxylic acids is 2. The van der Waals surface area contributed by atoms with E-state index in [1.807, 2.05) is 6.07 Å². The Bertz CT molecular complexity index is 683. The van der Waals surface area contributed by atoms with Crippen molar-refractivity contribution in [2.24, 2.45) is 0 Å². The standard InChI is InChI=1S/C14H12ClNO4S/c15-12-4-1-8(5-11(12)14(19)20)16-7-10-3-2-9(21-10)6-13(17)18/h1-5,16H,6-7H2,(H,17,18)(H,19,20). The number of aromatic carboxylic acids is 1. The molecule has 0 saturated carbocycles. The molecule has 110 valence electrons. The van der Waals surface area contributed by atoms with E-state index in [9.17, 15) is 9.59 Å². The smallest absolute Gasteiger partial charge is 0.337 e. The Labute approximate surface area is 129 Å². The monoisotopic (exact) mass is 325 g/mol. The molecule has 2 rings (SSSR count). The van der Waals surface area contributed by atoms with Crippen molar-refractivity contribution in [1.29, 1.82) is 0 Å². The summed E-state index contributed by atoms with van der Waals surface area (Å²) in [4.78, 5) is 23.4. The number of thiophene rings is 1. The summed E-state index contributed by atoms with van der Waals surface area (Å²) in [7, 11) is 0. The van der Waals surface area contributed by atoms with Crippen LogP contribution in [0.5, 0.6) is 0 Å². The van der Waals surface area contributed by atoms with Crippen molar-refractivity contribution >= 4 is 40.6 Å². The van der Waals surface area contributed by atoms with Crippen LogP contribution >= 0.6 is 22.9 Å². The average molecular weight is 326 g/mol. The highest BCUT2D eigenvalue weighted by molar-refractivity contribution is 7.12. The first-order valence-corrected chi connectivity index (χ1v) is 7.21. The maximum absolute atomic E-state index is 11.0. The van der Waals surface area contributed by atoms with Crippen molar-refractivity contribution in [3.05, 3.63) is 50.7 Å². The zero-order valence-corrected chi connectivity index (χ0v) is 12.4. The first-order valence-electron chi connectivity index (χ1n) is 6.02. The van der Waals surface area contributed by atoms with E-state index in [-0.39, 0.29) is 17.0 Å². The van der Waals surface area contributed by atoms with Gasteiger partial charge in [-0.15, -0.1) is 11.3 Å². The summed E-state index contributed by atoms with van der Waals surface area (Å²) in [6.07, 6.45) is 0.00870. The van der Waals surface area contributed by atoms with Crippen LogP contribution in [-0.2, 0) is 17.8 Å². The molecule has 0 spiro atoms. The van der Waals surface area contributed by atoms with E-state index >= 15 is 0 Å². The SMILES string of the molecule is O=C(O)Cc1ccc(CNc2ccc(Cl)c(C(=O)O)c2)s1. The molecular formula is C14H12ClNO4S. The quantitative estimate of drug-likeness (QED) is 0.758. The van der Waals surface area contributed by atoms with Gasteiger partial charge in [-0.25, -0.2) is 4.79 Å². The second-order valence-corrected chi connectivity index (χ2v) is 5.95. The Morgan fingerprint density at radius 2 is 1.86 bits per heavy atom. The second-order valence-electron chi connectivity index (χ2n) is 4.29. The van der Waals surface area contributed by atoms with Crippen LogP contribution in [0.15, 0.2) is 30.3 Å². The normalized spacial score (nSPS) is 10.3. The van der Waals surface area contributed by atoms with E-state index < -0.39 is 11.9 Å². The minimum atomic E-state index is -1.08. The molecule has 0 radical (unpaired) electrons. The fraction of sp³-hybridized carbons (Fsp3) is 0.143. The number of benzene rings is 1. The van der Waals surface area contributed by atoms with Crippen LogP contribution in [-0.4, -0.2) is 22.2 Å². The lowest BCUT2D eigenvalue weighted by atomic mass is 10.2. The number of hydrogen-bond acceptors (Lipinski definition) is 4. The molecule has 7 heteroatoms. The summed E-state index contributed by atoms with van der Waals surface area (Å²) >= 11 is 7.21. The first-order chi connectivity index (χ1) is 9.95. The molecule has 21 heavy (non-hydrogen) atoms. The van der Waals surface area contributed by atoms with Gasteiger partial charge in [-0.1, -0.05) is 11.6 Å². The fourth-order valence-corrected chi connectivity index (χ4v) is 2.90. The van der Waals surface area contributed by atoms with Gasteiger partial charge in [0.15, 0.2) is 0 Å². The lowest BCUT2D eigenvalue weighted by molar-refractivity contribution is -0.136. The number of halogens is 1. The summed E-state index contributed by atoms with van der Waals surface area (Å²) in [6, 6.07) is 8.32. The zero-order chi connectivity index (χ0) is 15.4. The van der Waals surface area contributed by atoms with Crippen LogP contribution < -0.4 is 5.32 Å². The molecular weight excluding hydrogens is 314 g/mol. The number of hydrogen-bond donors (Lipinski definition) is 3. The van der Waals surface area contributed by atoms with E-state index in [0.29, 0.717) is 12.2 Å². The maximum atomic E-state index is 11.0. The molecule has 0 unspecified atom stereocenters. The number of aliphatic carboxylic acids is 1. The van der Waals surface area contributed by atoms with E-state index in [4.69, 9.17) is 21.8 Å². The summed E-state index contributed by atoms with van der Waals surface area (Å²) in [6.45, 7) is 0.491. The highest BCUT2D eigenvalue weighted by Gasteiger charge is 2.09. The largest absolute Gasteiger partial charge is 0.481 e. The van der Waals surface area contributed by atoms with Gasteiger partial charge in [-0.3, -0.25) is 4.79 Å². The van der Waals surface area contributed by atoms with Crippen molar-refractivity contribution < 1.29 is 19.8 Å². The summed E-state index contributed by atoms with van der Waals surface area (Å²) in [5, 5.41) is 21.0. The lowest BCUT2D eigenvalue weighted by Crippen LogP contribution is -2.02. The molecule has 1 aromatic carbocycles. The number of carboxylic acid groups (broad SMARTS) is 2. The van der Waals surface area contributed by atoms with Crippen LogP contribution in [0.25, 0.3) is 0 Å². The molecule has 0 saturated heterocycles. The number of anilines is 1. The predicted molar refractivity (Wildman–Crippen MR) is 81.4 cm³/mol. The molecule has 0 aliphatic carbocycles. The van der Waals surface area contributed by atoms with Gasteiger partial charge in [-0.05, 0) is 30.3 Å². The van der Waals surface area contributed by atoms with Gasteiger partial charge in [-0.2, -0.15) is 0 Å². The molecule has 0 aliphatic heterocycles. The highest BCUT2D eigenvalue weighted by atomic mass is 35.5. The van der Waals surface area contributed by atoms with Crippen molar-refractivity contribution in [3.63, 3.8) is 0 Å². The van der Waals surface area contributed by atoms with Crippen molar-refractivity contribution in [3.8, 4) is 0 Å². The minimum absolute atomic E-state index is 0.00870. The number of nitrogens with one attached hydrogen (secondary N) is 1. The van der Waals surface area contributed by atoms with Gasteiger partial charge in [0.1, 0.15) is 0 Å². The van der Waals surface area contributed by atoms with Crippen LogP contribution in [0.3, 0.4) is 0 Å². The van der Waals surface area contributed by atoms with Crippen LogP contribution in [0, 0.1) is 0 Å². The Kier molecular flexibility index (Phi) is 4.82. The average Bonchev–Trinajstić information content (AvgIpc) is 2.84. The van der Waals surface area contributed by atoms with Gasteiger partial charge in [0, 0.05) is 22.0 Å². The fourth-order valence-electron chi connectivity index (χ4n) is 1.75. The van der Waals surface area contributed by atoms with E-state index in [1.54, 1.807) is 12.1 Å².